The van der Waals surface area contributed by atoms with Crippen molar-refractivity contribution in [1.29, 1.82) is 0 Å². The molecule has 2 aromatic rings. The number of alkyl halides is 5. The van der Waals surface area contributed by atoms with Gasteiger partial charge in [0, 0.05) is 19.3 Å². The second-order valence-electron chi connectivity index (χ2n) is 6.22. The molecule has 3 rings (SSSR count). The van der Waals surface area contributed by atoms with Crippen molar-refractivity contribution < 1.29 is 30.9 Å². The van der Waals surface area contributed by atoms with E-state index in [4.69, 9.17) is 4.42 Å². The minimum absolute atomic E-state index is 0.0750. The number of nitrogens with zero attached hydrogens (tertiary/aromatic N) is 2. The van der Waals surface area contributed by atoms with Crippen LogP contribution in [0, 0.1) is 5.92 Å². The molecule has 0 N–H and O–H groups in total. The van der Waals surface area contributed by atoms with Gasteiger partial charge in [-0.2, -0.15) is 13.2 Å². The molecule has 25 heavy (non-hydrogen) atoms. The third-order valence-electron chi connectivity index (χ3n) is 4.32. The van der Waals surface area contributed by atoms with E-state index in [1.54, 1.807) is 0 Å². The normalized spacial score (nSPS) is 18.6. The summed E-state index contributed by atoms with van der Waals surface area (Å²) in [4.78, 5) is 11.7. The second kappa shape index (κ2) is 6.30. The average Bonchev–Trinajstić information content (AvgIpc) is 3.11. The Labute approximate surface area is 138 Å². The van der Waals surface area contributed by atoms with Crippen LogP contribution in [0.2, 0.25) is 0 Å². The lowest BCUT2D eigenvalue weighted by atomic mass is 9.84. The summed E-state index contributed by atoms with van der Waals surface area (Å²) in [7, 11) is 0. The van der Waals surface area contributed by atoms with Crippen LogP contribution >= 0.6 is 0 Å². The molecule has 2 aromatic heterocycles. The first-order valence-electron chi connectivity index (χ1n) is 7.73. The molecule has 5 nitrogen and oxygen atoms in total. The van der Waals surface area contributed by atoms with Crippen LogP contribution in [0.1, 0.15) is 43.0 Å². The van der Waals surface area contributed by atoms with Crippen molar-refractivity contribution in [2.75, 3.05) is 0 Å². The summed E-state index contributed by atoms with van der Waals surface area (Å²) < 4.78 is 74.4. The average molecular weight is 366 g/mol. The van der Waals surface area contributed by atoms with Crippen LogP contribution in [-0.4, -0.2) is 15.6 Å². The van der Waals surface area contributed by atoms with Gasteiger partial charge in [-0.3, -0.25) is 9.09 Å². The Morgan fingerprint density at radius 3 is 2.52 bits per heavy atom. The van der Waals surface area contributed by atoms with E-state index in [0.717, 1.165) is 16.7 Å². The van der Waals surface area contributed by atoms with E-state index in [2.05, 4.69) is 9.68 Å². The fourth-order valence-corrected chi connectivity index (χ4v) is 2.93. The first kappa shape index (κ1) is 17.7. The van der Waals surface area contributed by atoms with Gasteiger partial charge in [-0.1, -0.05) is 5.16 Å². The third-order valence-corrected chi connectivity index (χ3v) is 4.32. The van der Waals surface area contributed by atoms with Crippen molar-refractivity contribution in [3.63, 3.8) is 0 Å². The first-order valence-corrected chi connectivity index (χ1v) is 7.73. The van der Waals surface area contributed by atoms with E-state index in [9.17, 15) is 26.7 Å². The topological polar surface area (TPSA) is 61.2 Å². The number of aromatic nitrogens is 2. The maximum atomic E-state index is 13.2. The van der Waals surface area contributed by atoms with Gasteiger partial charge in [0.2, 0.25) is 11.7 Å². The van der Waals surface area contributed by atoms with Gasteiger partial charge >= 0.3 is 11.9 Å². The molecule has 0 unspecified atom stereocenters. The first-order chi connectivity index (χ1) is 11.6. The lowest BCUT2D eigenvalue weighted by Crippen LogP contribution is -2.27. The highest BCUT2D eigenvalue weighted by atomic mass is 19.4. The molecule has 0 aromatic carbocycles. The fourth-order valence-electron chi connectivity index (χ4n) is 2.93. The summed E-state index contributed by atoms with van der Waals surface area (Å²) in [5.41, 5.74) is 0. The number of hydrogen-bond donors (Lipinski definition) is 0. The van der Waals surface area contributed by atoms with E-state index in [-0.39, 0.29) is 56.2 Å². The predicted octanol–water partition coefficient (Wildman–Crippen LogP) is 3.86. The molecular formula is C15H15F5N2O3. The molecular weight excluding hydrogens is 351 g/mol. The van der Waals surface area contributed by atoms with Gasteiger partial charge in [-0.15, -0.1) is 0 Å². The molecule has 0 aliphatic heterocycles. The quantitative estimate of drug-likeness (QED) is 0.771. The Morgan fingerprint density at radius 2 is 1.92 bits per heavy atom. The largest absolute Gasteiger partial charge is 0.455 e. The molecule has 0 atom stereocenters. The van der Waals surface area contributed by atoms with Gasteiger partial charge in [0.05, 0.1) is 6.54 Å². The number of hydrogen-bond acceptors (Lipinski definition) is 4. The second-order valence-corrected chi connectivity index (χ2v) is 6.22. The highest BCUT2D eigenvalue weighted by Gasteiger charge is 2.36. The van der Waals surface area contributed by atoms with Crippen molar-refractivity contribution >= 4 is 0 Å². The smallest absolute Gasteiger partial charge is 0.449 e. The molecule has 0 spiro atoms. The van der Waals surface area contributed by atoms with Crippen molar-refractivity contribution in [3.05, 3.63) is 40.0 Å². The number of furan rings is 1. The standard InChI is InChI=1S/C15H15F5N2O3/c16-14(17)5-3-9(4-6-14)7-12-21-25-13(23)22(12)8-10-1-2-11(24-10)15(18,19)20/h1-2,9H,3-8H2. The Hall–Kier alpha value is -2.13. The van der Waals surface area contributed by atoms with Crippen LogP contribution in [-0.2, 0) is 19.1 Å². The van der Waals surface area contributed by atoms with Crippen LogP contribution in [0.15, 0.2) is 25.9 Å². The summed E-state index contributed by atoms with van der Waals surface area (Å²) in [6, 6.07) is 1.89. The Morgan fingerprint density at radius 1 is 1.24 bits per heavy atom. The molecule has 0 radical (unpaired) electrons. The minimum atomic E-state index is -4.62. The minimum Gasteiger partial charge on any atom is -0.455 e. The van der Waals surface area contributed by atoms with E-state index >= 15 is 0 Å². The maximum absolute atomic E-state index is 13.2. The molecule has 0 saturated heterocycles. The molecule has 1 fully saturated rings. The van der Waals surface area contributed by atoms with Crippen LogP contribution < -0.4 is 5.76 Å². The summed E-state index contributed by atoms with van der Waals surface area (Å²) in [5, 5.41) is 3.62. The fraction of sp³-hybridized carbons (Fsp3) is 0.600. The number of rotatable bonds is 4. The van der Waals surface area contributed by atoms with Crippen LogP contribution in [0.25, 0.3) is 0 Å². The molecule has 138 valence electrons. The summed E-state index contributed by atoms with van der Waals surface area (Å²) >= 11 is 0. The van der Waals surface area contributed by atoms with E-state index in [1.807, 2.05) is 0 Å². The number of halogens is 5. The third kappa shape index (κ3) is 4.10. The molecule has 2 heterocycles. The monoisotopic (exact) mass is 366 g/mol. The van der Waals surface area contributed by atoms with Gasteiger partial charge in [-0.25, -0.2) is 13.6 Å². The van der Waals surface area contributed by atoms with Crippen molar-refractivity contribution in [1.82, 2.24) is 9.72 Å². The van der Waals surface area contributed by atoms with Gasteiger partial charge in [0.15, 0.2) is 5.82 Å². The van der Waals surface area contributed by atoms with Gasteiger partial charge in [-0.05, 0) is 30.9 Å². The lowest BCUT2D eigenvalue weighted by Gasteiger charge is -2.27. The molecule has 1 aliphatic carbocycles. The molecule has 10 heteroatoms. The summed E-state index contributed by atoms with van der Waals surface area (Å²) in [6.45, 7) is -0.267. The van der Waals surface area contributed by atoms with Gasteiger partial charge in [0.25, 0.3) is 0 Å². The van der Waals surface area contributed by atoms with Crippen LogP contribution in [0.5, 0.6) is 0 Å². The van der Waals surface area contributed by atoms with Crippen LogP contribution in [0.4, 0.5) is 22.0 Å². The Balaban J connectivity index is 1.72. The Bertz CT molecular complexity index is 780. The SMILES string of the molecule is O=c1onc(CC2CCC(F)(F)CC2)n1Cc1ccc(C(F)(F)F)o1. The highest BCUT2D eigenvalue weighted by Crippen LogP contribution is 2.37. The zero-order valence-electron chi connectivity index (χ0n) is 13.0. The lowest BCUT2D eigenvalue weighted by molar-refractivity contribution is -0.153. The Kier molecular flexibility index (Phi) is 4.46. The maximum Gasteiger partial charge on any atom is 0.449 e. The highest BCUT2D eigenvalue weighted by molar-refractivity contribution is 5.10. The van der Waals surface area contributed by atoms with Gasteiger partial charge < -0.3 is 4.42 Å². The van der Waals surface area contributed by atoms with E-state index < -0.39 is 23.6 Å². The predicted molar refractivity (Wildman–Crippen MR) is 74.2 cm³/mol. The van der Waals surface area contributed by atoms with E-state index in [1.165, 1.54) is 0 Å². The van der Waals surface area contributed by atoms with Crippen LogP contribution in [0.3, 0.4) is 0 Å². The summed E-state index contributed by atoms with van der Waals surface area (Å²) in [5.74, 6) is -4.61. The molecule has 1 aliphatic rings. The van der Waals surface area contributed by atoms with Crippen molar-refractivity contribution in [3.8, 4) is 0 Å². The zero-order valence-corrected chi connectivity index (χ0v) is 13.0. The van der Waals surface area contributed by atoms with E-state index in [0.29, 0.717) is 0 Å². The van der Waals surface area contributed by atoms with Gasteiger partial charge in [0.1, 0.15) is 5.76 Å². The summed E-state index contributed by atoms with van der Waals surface area (Å²) in [6.07, 6.45) is -4.26. The van der Waals surface area contributed by atoms with Crippen molar-refractivity contribution in [2.45, 2.75) is 50.7 Å². The molecule has 0 bridgehead atoms. The molecule has 1 saturated carbocycles. The molecule has 0 amide bonds. The zero-order chi connectivity index (χ0) is 18.2. The van der Waals surface area contributed by atoms with Crippen molar-refractivity contribution in [2.24, 2.45) is 5.92 Å².